The molecular formula is C19H21N7O. The van der Waals surface area contributed by atoms with Crippen LogP contribution in [0.3, 0.4) is 0 Å². The number of carbonyl (C=O) groups is 1. The van der Waals surface area contributed by atoms with Crippen molar-refractivity contribution in [2.24, 2.45) is 0 Å². The largest absolute Gasteiger partial charge is 0.349 e. The van der Waals surface area contributed by atoms with Crippen molar-refractivity contribution in [3.05, 3.63) is 60.2 Å². The van der Waals surface area contributed by atoms with Crippen molar-refractivity contribution in [2.45, 2.75) is 38.3 Å². The van der Waals surface area contributed by atoms with Crippen LogP contribution in [0.1, 0.15) is 35.2 Å². The third-order valence-electron chi connectivity index (χ3n) is 4.71. The van der Waals surface area contributed by atoms with Gasteiger partial charge in [0.1, 0.15) is 0 Å². The molecule has 1 fully saturated rings. The predicted molar refractivity (Wildman–Crippen MR) is 101 cm³/mol. The van der Waals surface area contributed by atoms with E-state index in [9.17, 15) is 4.79 Å². The van der Waals surface area contributed by atoms with Crippen LogP contribution in [0.4, 0.5) is 5.95 Å². The van der Waals surface area contributed by atoms with Crippen LogP contribution >= 0.6 is 0 Å². The topological polar surface area (TPSA) is 97.6 Å². The highest BCUT2D eigenvalue weighted by Gasteiger charge is 2.30. The molecule has 0 radical (unpaired) electrons. The number of hydrogen-bond acceptors (Lipinski definition) is 6. The highest BCUT2D eigenvalue weighted by molar-refractivity contribution is 5.97. The third kappa shape index (κ3) is 3.79. The van der Waals surface area contributed by atoms with E-state index in [4.69, 9.17) is 0 Å². The van der Waals surface area contributed by atoms with Gasteiger partial charge in [0.15, 0.2) is 0 Å². The summed E-state index contributed by atoms with van der Waals surface area (Å²) >= 11 is 0. The molecule has 2 atom stereocenters. The zero-order valence-corrected chi connectivity index (χ0v) is 15.0. The van der Waals surface area contributed by atoms with Crippen molar-refractivity contribution in [3.63, 3.8) is 0 Å². The number of hydrogen-bond donors (Lipinski definition) is 2. The molecule has 8 heteroatoms. The SMILES string of the molecule is Cc1cnc(N[C@H]2CCC[C@@H]2NC(=O)c2ccccc2-n2nccn2)nc1. The molecule has 1 saturated carbocycles. The van der Waals surface area contributed by atoms with Gasteiger partial charge in [-0.25, -0.2) is 9.97 Å². The van der Waals surface area contributed by atoms with Gasteiger partial charge in [-0.2, -0.15) is 15.0 Å². The lowest BCUT2D eigenvalue weighted by atomic mass is 10.1. The molecule has 138 valence electrons. The fourth-order valence-electron chi connectivity index (χ4n) is 3.36. The maximum atomic E-state index is 12.9. The minimum Gasteiger partial charge on any atom is -0.349 e. The molecule has 1 aromatic carbocycles. The minimum atomic E-state index is -0.133. The second kappa shape index (κ2) is 7.53. The Labute approximate surface area is 157 Å². The van der Waals surface area contributed by atoms with Crippen LogP contribution in [0.5, 0.6) is 0 Å². The molecule has 2 N–H and O–H groups in total. The fourth-order valence-corrected chi connectivity index (χ4v) is 3.36. The summed E-state index contributed by atoms with van der Waals surface area (Å²) in [5, 5.41) is 14.8. The van der Waals surface area contributed by atoms with E-state index in [-0.39, 0.29) is 18.0 Å². The lowest BCUT2D eigenvalue weighted by Gasteiger charge is -2.22. The second-order valence-corrected chi connectivity index (χ2v) is 6.68. The average Bonchev–Trinajstić information content (AvgIpc) is 3.36. The number of nitrogens with zero attached hydrogens (tertiary/aromatic N) is 5. The van der Waals surface area contributed by atoms with Gasteiger partial charge in [-0.05, 0) is 43.9 Å². The summed E-state index contributed by atoms with van der Waals surface area (Å²) in [6, 6.07) is 7.44. The fraction of sp³-hybridized carbons (Fsp3) is 0.316. The van der Waals surface area contributed by atoms with E-state index in [0.717, 1.165) is 24.8 Å². The van der Waals surface area contributed by atoms with Gasteiger partial charge in [-0.1, -0.05) is 12.1 Å². The van der Waals surface area contributed by atoms with Gasteiger partial charge in [0, 0.05) is 24.5 Å². The predicted octanol–water partition coefficient (Wildman–Crippen LogP) is 2.13. The number of rotatable bonds is 5. The van der Waals surface area contributed by atoms with Gasteiger partial charge in [0.25, 0.3) is 5.91 Å². The van der Waals surface area contributed by atoms with Crippen molar-refractivity contribution in [1.29, 1.82) is 0 Å². The summed E-state index contributed by atoms with van der Waals surface area (Å²) in [5.74, 6) is 0.458. The molecular weight excluding hydrogens is 342 g/mol. The first-order chi connectivity index (χ1) is 13.2. The lowest BCUT2D eigenvalue weighted by molar-refractivity contribution is 0.0935. The summed E-state index contributed by atoms with van der Waals surface area (Å²) in [6.07, 6.45) is 9.66. The van der Waals surface area contributed by atoms with Crippen LogP contribution in [0.25, 0.3) is 5.69 Å². The van der Waals surface area contributed by atoms with Gasteiger partial charge in [-0.15, -0.1) is 0 Å². The number of para-hydroxylation sites is 1. The molecule has 0 unspecified atom stereocenters. The molecule has 2 heterocycles. The van der Waals surface area contributed by atoms with Crippen LogP contribution < -0.4 is 10.6 Å². The monoisotopic (exact) mass is 363 g/mol. The number of aromatic nitrogens is 5. The highest BCUT2D eigenvalue weighted by atomic mass is 16.1. The number of amides is 1. The first kappa shape index (κ1) is 17.1. The van der Waals surface area contributed by atoms with Crippen LogP contribution in [-0.4, -0.2) is 43.0 Å². The van der Waals surface area contributed by atoms with E-state index in [0.29, 0.717) is 17.2 Å². The van der Waals surface area contributed by atoms with Gasteiger partial charge in [0.05, 0.1) is 23.6 Å². The molecule has 27 heavy (non-hydrogen) atoms. The molecule has 3 aromatic rings. The first-order valence-electron chi connectivity index (χ1n) is 9.02. The normalized spacial score (nSPS) is 19.0. The van der Waals surface area contributed by atoms with Crippen LogP contribution in [0.15, 0.2) is 49.1 Å². The standard InChI is InChI=1S/C19H21N7O/c1-13-11-20-19(21-12-13)25-16-7-4-6-15(16)24-18(27)14-5-2-3-8-17(14)26-22-9-10-23-26/h2-3,5,8-12,15-16H,4,6-7H2,1H3,(H,24,27)(H,20,21,25)/t15-,16-/m0/s1. The quantitative estimate of drug-likeness (QED) is 0.721. The zero-order valence-electron chi connectivity index (χ0n) is 15.0. The Kier molecular flexibility index (Phi) is 4.78. The molecule has 1 aliphatic carbocycles. The summed E-state index contributed by atoms with van der Waals surface area (Å²) < 4.78 is 0. The van der Waals surface area contributed by atoms with E-state index in [1.165, 1.54) is 4.80 Å². The Morgan fingerprint density at radius 3 is 2.56 bits per heavy atom. The first-order valence-corrected chi connectivity index (χ1v) is 9.02. The summed E-state index contributed by atoms with van der Waals surface area (Å²) in [7, 11) is 0. The van der Waals surface area contributed by atoms with Crippen molar-refractivity contribution in [1.82, 2.24) is 30.3 Å². The van der Waals surface area contributed by atoms with Crippen LogP contribution in [0, 0.1) is 6.92 Å². The molecule has 8 nitrogen and oxygen atoms in total. The number of anilines is 1. The molecule has 0 saturated heterocycles. The molecule has 1 aliphatic rings. The number of benzene rings is 1. The van der Waals surface area contributed by atoms with E-state index in [2.05, 4.69) is 30.8 Å². The molecule has 0 spiro atoms. The van der Waals surface area contributed by atoms with Gasteiger partial charge < -0.3 is 10.6 Å². The Morgan fingerprint density at radius 2 is 1.78 bits per heavy atom. The Morgan fingerprint density at radius 1 is 1.07 bits per heavy atom. The van der Waals surface area contributed by atoms with E-state index in [1.807, 2.05) is 25.1 Å². The Bertz CT molecular complexity index is 908. The van der Waals surface area contributed by atoms with E-state index >= 15 is 0 Å². The second-order valence-electron chi connectivity index (χ2n) is 6.68. The molecule has 0 aliphatic heterocycles. The maximum Gasteiger partial charge on any atom is 0.253 e. The van der Waals surface area contributed by atoms with Gasteiger partial charge in [-0.3, -0.25) is 4.79 Å². The number of carbonyl (C=O) groups excluding carboxylic acids is 1. The van der Waals surface area contributed by atoms with Crippen molar-refractivity contribution < 1.29 is 4.79 Å². The van der Waals surface area contributed by atoms with Gasteiger partial charge in [0.2, 0.25) is 5.95 Å². The summed E-state index contributed by atoms with van der Waals surface area (Å²) in [4.78, 5) is 23.0. The summed E-state index contributed by atoms with van der Waals surface area (Å²) in [5.41, 5.74) is 2.22. The Balaban J connectivity index is 1.48. The van der Waals surface area contributed by atoms with Crippen molar-refractivity contribution >= 4 is 11.9 Å². The smallest absolute Gasteiger partial charge is 0.253 e. The third-order valence-corrected chi connectivity index (χ3v) is 4.71. The van der Waals surface area contributed by atoms with Crippen LogP contribution in [-0.2, 0) is 0 Å². The molecule has 0 bridgehead atoms. The van der Waals surface area contributed by atoms with E-state index in [1.54, 1.807) is 30.9 Å². The zero-order chi connectivity index (χ0) is 18.6. The Hall–Kier alpha value is -3.29. The lowest BCUT2D eigenvalue weighted by Crippen LogP contribution is -2.43. The maximum absolute atomic E-state index is 12.9. The number of aryl methyl sites for hydroxylation is 1. The van der Waals surface area contributed by atoms with E-state index < -0.39 is 0 Å². The van der Waals surface area contributed by atoms with Crippen LogP contribution in [0.2, 0.25) is 0 Å². The average molecular weight is 363 g/mol. The van der Waals surface area contributed by atoms with Gasteiger partial charge >= 0.3 is 0 Å². The number of nitrogens with one attached hydrogen (secondary N) is 2. The molecule has 1 amide bonds. The van der Waals surface area contributed by atoms with Crippen molar-refractivity contribution in [2.75, 3.05) is 5.32 Å². The minimum absolute atomic E-state index is 0.0149. The summed E-state index contributed by atoms with van der Waals surface area (Å²) in [6.45, 7) is 1.95. The molecule has 2 aromatic heterocycles. The van der Waals surface area contributed by atoms with Crippen molar-refractivity contribution in [3.8, 4) is 5.69 Å². The highest BCUT2D eigenvalue weighted by Crippen LogP contribution is 2.23. The molecule has 4 rings (SSSR count).